The molecule has 474 valence electrons. The zero-order valence-electron chi connectivity index (χ0n) is 52.3. The maximum Gasteiger partial charge on any atom is 0.323 e. The Labute approximate surface area is 506 Å². The number of ether oxygens (including phenoxy) is 3. The molecule has 0 spiro atoms. The van der Waals surface area contributed by atoms with E-state index < -0.39 is 35.8 Å². The van der Waals surface area contributed by atoms with Gasteiger partial charge in [-0.25, -0.2) is 0 Å². The number of carbonyl (C=O) groups is 9. The number of aliphatic carboxylic acids is 4. The third-order valence-corrected chi connectivity index (χ3v) is 11.9. The molecular weight excluding hydrogens is 1090 g/mol. The van der Waals surface area contributed by atoms with Gasteiger partial charge in [-0.05, 0) is 112 Å². The Morgan fingerprint density at radius 3 is 1.13 bits per heavy atom. The van der Waals surface area contributed by atoms with Gasteiger partial charge in [0.05, 0.1) is 19.3 Å². The number of amides is 2. The molecule has 0 radical (unpaired) electrons. The summed E-state index contributed by atoms with van der Waals surface area (Å²) in [7, 11) is 0. The molecule has 0 bridgehead atoms. The van der Waals surface area contributed by atoms with Gasteiger partial charge in [0.2, 0.25) is 11.8 Å². The molecule has 85 heavy (non-hydrogen) atoms. The van der Waals surface area contributed by atoms with Crippen molar-refractivity contribution >= 4 is 53.6 Å². The molecule has 3 aromatic rings. The Balaban J connectivity index is 0. The number of rotatable bonds is 34. The highest BCUT2D eigenvalue weighted by Crippen LogP contribution is 2.18. The third-order valence-electron chi connectivity index (χ3n) is 11.9. The number of hydrogen-bond acceptors (Lipinski definition) is 12. The Hall–Kier alpha value is -7.63. The molecule has 18 nitrogen and oxygen atoms in total. The molecule has 18 heteroatoms. The lowest BCUT2D eigenvalue weighted by Crippen LogP contribution is -2.39. The average Bonchev–Trinajstić information content (AvgIpc) is 3.47. The van der Waals surface area contributed by atoms with E-state index in [1.165, 1.54) is 33.1 Å². The predicted octanol–water partition coefficient (Wildman–Crippen LogP) is 12.0. The second kappa shape index (κ2) is 47.7. The smallest absolute Gasteiger partial charge is 0.323 e. The van der Waals surface area contributed by atoms with Crippen LogP contribution >= 0.6 is 0 Å². The Bertz CT molecular complexity index is 2390. The van der Waals surface area contributed by atoms with Gasteiger partial charge in [-0.2, -0.15) is 0 Å². The maximum absolute atomic E-state index is 12.3. The number of benzene rings is 3. The van der Waals surface area contributed by atoms with Crippen LogP contribution in [0.25, 0.3) is 0 Å². The molecule has 0 aliphatic carbocycles. The molecule has 0 aromatic heterocycles. The number of esters is 3. The van der Waals surface area contributed by atoms with Crippen molar-refractivity contribution in [2.24, 2.45) is 29.6 Å². The van der Waals surface area contributed by atoms with Crippen LogP contribution in [0.15, 0.2) is 116 Å². The van der Waals surface area contributed by atoms with E-state index in [0.29, 0.717) is 50.1 Å². The number of carboxylic acid groups (broad SMARTS) is 4. The summed E-state index contributed by atoms with van der Waals surface area (Å²) in [5, 5.41) is 34.4. The van der Waals surface area contributed by atoms with Gasteiger partial charge in [0, 0.05) is 38.8 Å². The Morgan fingerprint density at radius 1 is 0.447 bits per heavy atom. The van der Waals surface area contributed by atoms with Crippen LogP contribution in [0, 0.1) is 29.6 Å². The first-order valence-electron chi connectivity index (χ1n) is 29.3. The Morgan fingerprint density at radius 2 is 0.800 bits per heavy atom. The zero-order valence-corrected chi connectivity index (χ0v) is 52.3. The molecule has 4 N–H and O–H groups in total. The summed E-state index contributed by atoms with van der Waals surface area (Å²) in [4.78, 5) is 103. The van der Waals surface area contributed by atoms with Gasteiger partial charge in [-0.3, -0.25) is 43.2 Å². The molecule has 0 aliphatic rings. The minimum Gasteiger partial charge on any atom is -0.481 e. The van der Waals surface area contributed by atoms with Crippen LogP contribution in [0.3, 0.4) is 0 Å². The minimum atomic E-state index is -1.07. The van der Waals surface area contributed by atoms with E-state index >= 15 is 0 Å². The number of nitrogens with zero attached hydrogens (tertiary/aromatic N) is 2. The van der Waals surface area contributed by atoms with Crippen LogP contribution in [0.2, 0.25) is 0 Å². The van der Waals surface area contributed by atoms with Crippen molar-refractivity contribution in [2.45, 2.75) is 165 Å². The van der Waals surface area contributed by atoms with Crippen molar-refractivity contribution in [3.8, 4) is 0 Å². The van der Waals surface area contributed by atoms with Gasteiger partial charge in [0.1, 0.15) is 31.9 Å². The first-order valence-corrected chi connectivity index (χ1v) is 29.3. The van der Waals surface area contributed by atoms with Gasteiger partial charge in [0.15, 0.2) is 0 Å². The molecule has 3 aromatic carbocycles. The predicted molar refractivity (Wildman–Crippen MR) is 330 cm³/mol. The molecule has 2 amide bonds. The summed E-state index contributed by atoms with van der Waals surface area (Å²) in [5.74, 6) is -3.36. The second-order valence-corrected chi connectivity index (χ2v) is 22.8. The number of carboxylic acids is 4. The van der Waals surface area contributed by atoms with Crippen LogP contribution in [0.4, 0.5) is 0 Å². The first-order chi connectivity index (χ1) is 40.0. The summed E-state index contributed by atoms with van der Waals surface area (Å²) >= 11 is 0. The molecule has 3 rings (SSSR count). The summed E-state index contributed by atoms with van der Waals surface area (Å²) in [6.45, 7) is 27.4. The molecule has 0 saturated heterocycles. The van der Waals surface area contributed by atoms with Crippen LogP contribution in [-0.2, 0) is 76.6 Å². The average molecular weight is 1190 g/mol. The normalized spacial score (nSPS) is 11.5. The largest absolute Gasteiger partial charge is 0.481 e. The highest BCUT2D eigenvalue weighted by atomic mass is 16.6. The monoisotopic (exact) mass is 1190 g/mol. The molecule has 0 fully saturated rings. The lowest BCUT2D eigenvalue weighted by atomic mass is 9.96. The van der Waals surface area contributed by atoms with Crippen molar-refractivity contribution < 1.29 is 77.8 Å². The molecule has 0 saturated carbocycles. The lowest BCUT2D eigenvalue weighted by Gasteiger charge is -2.25. The van der Waals surface area contributed by atoms with E-state index in [4.69, 9.17) is 29.9 Å². The number of hydrogen-bond donors (Lipinski definition) is 4. The van der Waals surface area contributed by atoms with E-state index in [1.54, 1.807) is 0 Å². The third kappa shape index (κ3) is 50.6. The maximum atomic E-state index is 12.3. The topological polar surface area (TPSA) is 269 Å². The summed E-state index contributed by atoms with van der Waals surface area (Å²) in [6.07, 6.45) is 9.93. The van der Waals surface area contributed by atoms with Gasteiger partial charge >= 0.3 is 41.8 Å². The van der Waals surface area contributed by atoms with Crippen LogP contribution in [-0.4, -0.2) is 129 Å². The van der Waals surface area contributed by atoms with E-state index in [9.17, 15) is 43.2 Å². The fourth-order valence-corrected chi connectivity index (χ4v) is 7.86. The van der Waals surface area contributed by atoms with Crippen LogP contribution in [0.5, 0.6) is 0 Å². The van der Waals surface area contributed by atoms with Crippen LogP contribution < -0.4 is 0 Å². The van der Waals surface area contributed by atoms with E-state index in [1.807, 2.05) is 96.1 Å². The van der Waals surface area contributed by atoms with Gasteiger partial charge in [0.25, 0.3) is 0 Å². The fourth-order valence-electron chi connectivity index (χ4n) is 7.86. The van der Waals surface area contributed by atoms with Crippen molar-refractivity contribution in [3.05, 3.63) is 133 Å². The highest BCUT2D eigenvalue weighted by molar-refractivity contribution is 5.84. The van der Waals surface area contributed by atoms with Gasteiger partial charge in [-0.15, -0.1) is 0 Å². The van der Waals surface area contributed by atoms with Gasteiger partial charge in [-0.1, -0.05) is 165 Å². The lowest BCUT2D eigenvalue weighted by molar-refractivity contribution is -0.155. The van der Waals surface area contributed by atoms with E-state index in [-0.39, 0.29) is 87.2 Å². The SMILES string of the molecule is C=CCOC(=O)CCC(=O)N(CC(=O)O)C[C@@H](C)Cc1ccccc1.C=CCOC(=O)CCC(=O)O.CC(C)CCC(=O)N(CC(=O)O)C[C@@H](C)Cc1ccccc1.CC(C)CCC(=O)O.C[C@H](CCCC(=O)OC(C)(C)C)Cc1ccccc1. The number of carbonyl (C=O) groups excluding carboxylic acids is 5. The molecule has 0 heterocycles. The van der Waals surface area contributed by atoms with E-state index in [2.05, 4.69) is 82.0 Å². The second-order valence-electron chi connectivity index (χ2n) is 22.8. The summed E-state index contributed by atoms with van der Waals surface area (Å²) in [6, 6.07) is 30.4. The minimum absolute atomic E-state index is 0.0592. The van der Waals surface area contributed by atoms with Gasteiger partial charge < -0.3 is 44.4 Å². The van der Waals surface area contributed by atoms with Crippen molar-refractivity contribution in [3.63, 3.8) is 0 Å². The Kier molecular flexibility index (Phi) is 44.6. The molecule has 0 unspecified atom stereocenters. The molecule has 0 aliphatic heterocycles. The van der Waals surface area contributed by atoms with Crippen LogP contribution in [0.1, 0.15) is 157 Å². The quantitative estimate of drug-likeness (QED) is 0.0246. The standard InChI is InChI=1S/C19H25NO5.C18H27NO3.C17H26O2.C7H10O4.C6H12O2/c1-3-11-25-19(24)10-9-17(21)20(14-18(22)23)13-15(2)12-16-7-5-4-6-8-16;1-14(2)9-10-17(20)19(13-18(21)22)12-15(3)11-16-7-5-4-6-8-16;1-14(13-15-10-6-5-7-11-15)9-8-12-16(18)19-17(2,3)4;1-2-5-11-7(10)4-3-6(8)9;1-5(2)3-4-6(7)8/h3-8,15H,1,9-14H2,2H3,(H,22,23);4-8,14-15H,9-13H2,1-3H3,(H,21,22);5-7,10-11,14H,8-9,12-13H2,1-4H3;2H,1,3-5H2,(H,8,9);5H,3-4H2,1-2H3,(H,7,8)/t2*15-;14-;;/m001../s1. The zero-order chi connectivity index (χ0) is 64.8. The molecular formula is C67H100N2O16. The summed E-state index contributed by atoms with van der Waals surface area (Å²) in [5.41, 5.74) is 3.34. The molecule has 3 atom stereocenters. The van der Waals surface area contributed by atoms with Crippen molar-refractivity contribution in [1.82, 2.24) is 9.80 Å². The van der Waals surface area contributed by atoms with Crippen molar-refractivity contribution in [2.75, 3.05) is 39.4 Å². The highest BCUT2D eigenvalue weighted by Gasteiger charge is 2.22. The van der Waals surface area contributed by atoms with E-state index in [0.717, 1.165) is 50.5 Å². The fraction of sp³-hybridized carbons (Fsp3) is 0.537. The summed E-state index contributed by atoms with van der Waals surface area (Å²) < 4.78 is 14.6. The van der Waals surface area contributed by atoms with Crippen molar-refractivity contribution in [1.29, 1.82) is 0 Å². The first kappa shape index (κ1) is 79.4.